The summed E-state index contributed by atoms with van der Waals surface area (Å²) in [5.74, 6) is -0.0265. The Morgan fingerprint density at radius 1 is 1.15 bits per heavy atom. The Kier molecular flexibility index (Phi) is 4.32. The normalized spacial score (nSPS) is 16.0. The van der Waals surface area contributed by atoms with Crippen molar-refractivity contribution in [3.05, 3.63) is 59.9 Å². The van der Waals surface area contributed by atoms with E-state index in [4.69, 9.17) is 4.74 Å². The Morgan fingerprint density at radius 2 is 1.88 bits per heavy atom. The minimum atomic E-state index is -0.298. The summed E-state index contributed by atoms with van der Waals surface area (Å²) in [5, 5.41) is 0. The van der Waals surface area contributed by atoms with Crippen LogP contribution < -0.4 is 9.64 Å². The molecule has 0 aromatic heterocycles. The van der Waals surface area contributed by atoms with E-state index in [9.17, 15) is 14.0 Å². The van der Waals surface area contributed by atoms with Gasteiger partial charge in [-0.05, 0) is 42.7 Å². The molecule has 0 radical (unpaired) electrons. The van der Waals surface area contributed by atoms with Gasteiger partial charge in [-0.25, -0.2) is 4.39 Å². The van der Waals surface area contributed by atoms with Gasteiger partial charge in [-0.15, -0.1) is 0 Å². The second kappa shape index (κ2) is 6.78. The van der Waals surface area contributed by atoms with E-state index in [-0.39, 0.29) is 36.8 Å². The Morgan fingerprint density at radius 3 is 2.62 bits per heavy atom. The molecule has 0 saturated heterocycles. The SMILES string of the molecule is O=C1COc2ccccc2N1CC(=O)N(Cc1ccc(F)cc1)C1CC1. The lowest BCUT2D eigenvalue weighted by Gasteiger charge is -2.31. The van der Waals surface area contributed by atoms with Crippen molar-refractivity contribution in [3.63, 3.8) is 0 Å². The van der Waals surface area contributed by atoms with Gasteiger partial charge in [0, 0.05) is 12.6 Å². The summed E-state index contributed by atoms with van der Waals surface area (Å²) in [7, 11) is 0. The number of fused-ring (bicyclic) bond motifs is 1. The van der Waals surface area contributed by atoms with Crippen LogP contribution in [-0.2, 0) is 16.1 Å². The number of benzene rings is 2. The monoisotopic (exact) mass is 354 g/mol. The van der Waals surface area contributed by atoms with Crippen LogP contribution in [0.4, 0.5) is 10.1 Å². The van der Waals surface area contributed by atoms with Crippen LogP contribution in [0.5, 0.6) is 5.75 Å². The highest BCUT2D eigenvalue weighted by Crippen LogP contribution is 2.33. The maximum absolute atomic E-state index is 13.1. The van der Waals surface area contributed by atoms with E-state index in [1.165, 1.54) is 17.0 Å². The molecule has 0 N–H and O–H groups in total. The van der Waals surface area contributed by atoms with Gasteiger partial charge in [0.15, 0.2) is 6.61 Å². The molecule has 0 atom stereocenters. The highest BCUT2D eigenvalue weighted by Gasteiger charge is 2.35. The van der Waals surface area contributed by atoms with Gasteiger partial charge in [-0.2, -0.15) is 0 Å². The first-order valence-electron chi connectivity index (χ1n) is 8.68. The molecule has 2 aromatic carbocycles. The highest BCUT2D eigenvalue weighted by molar-refractivity contribution is 6.02. The van der Waals surface area contributed by atoms with Gasteiger partial charge < -0.3 is 9.64 Å². The van der Waals surface area contributed by atoms with E-state index in [0.29, 0.717) is 18.0 Å². The molecule has 26 heavy (non-hydrogen) atoms. The summed E-state index contributed by atoms with van der Waals surface area (Å²) in [4.78, 5) is 28.5. The zero-order valence-electron chi connectivity index (χ0n) is 14.2. The number of rotatable bonds is 5. The number of ether oxygens (including phenoxy) is 1. The molecule has 2 aliphatic rings. The summed E-state index contributed by atoms with van der Waals surface area (Å²) >= 11 is 0. The van der Waals surface area contributed by atoms with Crippen LogP contribution in [0.15, 0.2) is 48.5 Å². The number of amides is 2. The Hall–Kier alpha value is -2.89. The second-order valence-electron chi connectivity index (χ2n) is 6.62. The van der Waals surface area contributed by atoms with Crippen molar-refractivity contribution in [2.75, 3.05) is 18.1 Å². The number of para-hydroxylation sites is 2. The predicted molar refractivity (Wildman–Crippen MR) is 94.3 cm³/mol. The largest absolute Gasteiger partial charge is 0.482 e. The number of nitrogens with zero attached hydrogens (tertiary/aromatic N) is 2. The van der Waals surface area contributed by atoms with Crippen molar-refractivity contribution in [2.24, 2.45) is 0 Å². The minimum Gasteiger partial charge on any atom is -0.482 e. The lowest BCUT2D eigenvalue weighted by Crippen LogP contribution is -2.46. The number of halogens is 1. The molecular weight excluding hydrogens is 335 g/mol. The molecule has 5 nitrogen and oxygen atoms in total. The van der Waals surface area contributed by atoms with Crippen LogP contribution in [0.3, 0.4) is 0 Å². The number of carbonyl (C=O) groups is 2. The van der Waals surface area contributed by atoms with Crippen molar-refractivity contribution in [2.45, 2.75) is 25.4 Å². The highest BCUT2D eigenvalue weighted by atomic mass is 19.1. The molecule has 1 aliphatic heterocycles. The van der Waals surface area contributed by atoms with Crippen LogP contribution >= 0.6 is 0 Å². The fraction of sp³-hybridized carbons (Fsp3) is 0.300. The Balaban J connectivity index is 1.52. The van der Waals surface area contributed by atoms with E-state index in [0.717, 1.165) is 18.4 Å². The molecule has 1 heterocycles. The molecule has 0 spiro atoms. The first-order valence-corrected chi connectivity index (χ1v) is 8.68. The van der Waals surface area contributed by atoms with Crippen molar-refractivity contribution in [1.29, 1.82) is 0 Å². The van der Waals surface area contributed by atoms with Gasteiger partial charge in [0.25, 0.3) is 5.91 Å². The summed E-state index contributed by atoms with van der Waals surface area (Å²) < 4.78 is 18.5. The maximum atomic E-state index is 13.1. The van der Waals surface area contributed by atoms with Gasteiger partial charge in [0.2, 0.25) is 5.91 Å². The molecule has 1 fully saturated rings. The quantitative estimate of drug-likeness (QED) is 0.830. The molecule has 1 aliphatic carbocycles. The fourth-order valence-corrected chi connectivity index (χ4v) is 3.15. The van der Waals surface area contributed by atoms with Gasteiger partial charge in [0.05, 0.1) is 5.69 Å². The van der Waals surface area contributed by atoms with E-state index in [1.807, 2.05) is 12.1 Å². The second-order valence-corrected chi connectivity index (χ2v) is 6.62. The van der Waals surface area contributed by atoms with Gasteiger partial charge in [-0.1, -0.05) is 24.3 Å². The fourth-order valence-electron chi connectivity index (χ4n) is 3.15. The van der Waals surface area contributed by atoms with E-state index in [1.54, 1.807) is 29.2 Å². The third-order valence-corrected chi connectivity index (χ3v) is 4.68. The summed E-state index contributed by atoms with van der Waals surface area (Å²) in [6.45, 7) is 0.340. The molecule has 2 aromatic rings. The third kappa shape index (κ3) is 3.40. The standard InChI is InChI=1S/C20H19FN2O3/c21-15-7-5-14(6-8-15)11-22(16-9-10-16)19(24)12-23-17-3-1-2-4-18(17)26-13-20(23)25/h1-8,16H,9-13H2. The number of anilines is 1. The van der Waals surface area contributed by atoms with Crippen LogP contribution in [0, 0.1) is 5.82 Å². The Labute approximate surface area is 151 Å². The number of carbonyl (C=O) groups excluding carboxylic acids is 2. The average Bonchev–Trinajstić information content (AvgIpc) is 3.48. The van der Waals surface area contributed by atoms with Crippen LogP contribution in [0.2, 0.25) is 0 Å². The zero-order chi connectivity index (χ0) is 18.1. The summed E-state index contributed by atoms with van der Waals surface area (Å²) in [6.07, 6.45) is 1.92. The first-order chi connectivity index (χ1) is 12.6. The lowest BCUT2D eigenvalue weighted by molar-refractivity contribution is -0.133. The minimum absolute atomic E-state index is 0.0170. The van der Waals surface area contributed by atoms with Crippen molar-refractivity contribution in [3.8, 4) is 5.75 Å². The molecule has 134 valence electrons. The van der Waals surface area contributed by atoms with Gasteiger partial charge in [-0.3, -0.25) is 14.5 Å². The third-order valence-electron chi connectivity index (χ3n) is 4.68. The summed E-state index contributed by atoms with van der Waals surface area (Å²) in [6, 6.07) is 13.6. The molecular formula is C20H19FN2O3. The molecule has 0 bridgehead atoms. The van der Waals surface area contributed by atoms with Crippen molar-refractivity contribution in [1.82, 2.24) is 4.90 Å². The molecule has 0 unspecified atom stereocenters. The molecule has 6 heteroatoms. The zero-order valence-corrected chi connectivity index (χ0v) is 14.2. The molecule has 1 saturated carbocycles. The maximum Gasteiger partial charge on any atom is 0.265 e. The van der Waals surface area contributed by atoms with Gasteiger partial charge in [0.1, 0.15) is 18.1 Å². The van der Waals surface area contributed by atoms with Gasteiger partial charge >= 0.3 is 0 Å². The predicted octanol–water partition coefficient (Wildman–Crippen LogP) is 2.74. The molecule has 2 amide bonds. The van der Waals surface area contributed by atoms with Crippen molar-refractivity contribution >= 4 is 17.5 Å². The average molecular weight is 354 g/mol. The van der Waals surface area contributed by atoms with E-state index >= 15 is 0 Å². The van der Waals surface area contributed by atoms with Crippen LogP contribution in [-0.4, -0.2) is 35.9 Å². The smallest absolute Gasteiger partial charge is 0.265 e. The van der Waals surface area contributed by atoms with Crippen LogP contribution in [0.25, 0.3) is 0 Å². The Bertz CT molecular complexity index is 833. The number of hydrogen-bond acceptors (Lipinski definition) is 3. The van der Waals surface area contributed by atoms with E-state index in [2.05, 4.69) is 0 Å². The lowest BCUT2D eigenvalue weighted by atomic mass is 10.2. The van der Waals surface area contributed by atoms with E-state index < -0.39 is 0 Å². The van der Waals surface area contributed by atoms with Crippen molar-refractivity contribution < 1.29 is 18.7 Å². The topological polar surface area (TPSA) is 49.9 Å². The molecule has 4 rings (SSSR count). The van der Waals surface area contributed by atoms with Crippen LogP contribution in [0.1, 0.15) is 18.4 Å². The first kappa shape index (κ1) is 16.6. The summed E-state index contributed by atoms with van der Waals surface area (Å²) in [5.41, 5.74) is 1.50. The number of hydrogen-bond donors (Lipinski definition) is 0.